The van der Waals surface area contributed by atoms with Gasteiger partial charge in [0.05, 0.1) is 19.9 Å². The van der Waals surface area contributed by atoms with Crippen molar-refractivity contribution in [1.82, 2.24) is 20.5 Å². The molecule has 1 aromatic heterocycles. The van der Waals surface area contributed by atoms with Crippen molar-refractivity contribution in [2.24, 2.45) is 5.92 Å². The van der Waals surface area contributed by atoms with E-state index in [2.05, 4.69) is 25.8 Å². The SMILES string of the molecule is COc1ccc([C@@H]2CN(CC(=O)NCC3CCC3)CC[C@H]2NC(=O)Nc2ccc(Cl)cc2)nc1. The number of methoxy groups -OCH3 is 1. The Labute approximate surface area is 205 Å². The highest BCUT2D eigenvalue weighted by Gasteiger charge is 2.33. The second-order valence-corrected chi connectivity index (χ2v) is 9.50. The monoisotopic (exact) mass is 485 g/mol. The van der Waals surface area contributed by atoms with Crippen molar-refractivity contribution in [3.05, 3.63) is 53.3 Å². The molecule has 1 aliphatic heterocycles. The molecule has 1 saturated heterocycles. The molecule has 34 heavy (non-hydrogen) atoms. The van der Waals surface area contributed by atoms with Crippen LogP contribution in [0.1, 0.15) is 37.3 Å². The van der Waals surface area contributed by atoms with Gasteiger partial charge >= 0.3 is 6.03 Å². The third-order valence-electron chi connectivity index (χ3n) is 6.67. The second kappa shape index (κ2) is 11.5. The van der Waals surface area contributed by atoms with E-state index >= 15 is 0 Å². The minimum atomic E-state index is -0.280. The summed E-state index contributed by atoms with van der Waals surface area (Å²) < 4.78 is 5.24. The molecule has 9 heteroatoms. The number of hydrogen-bond acceptors (Lipinski definition) is 5. The number of nitrogens with zero attached hydrogens (tertiary/aromatic N) is 2. The van der Waals surface area contributed by atoms with E-state index in [1.807, 2.05) is 12.1 Å². The van der Waals surface area contributed by atoms with Gasteiger partial charge in [0.1, 0.15) is 5.75 Å². The van der Waals surface area contributed by atoms with E-state index < -0.39 is 0 Å². The summed E-state index contributed by atoms with van der Waals surface area (Å²) in [5.74, 6) is 1.31. The summed E-state index contributed by atoms with van der Waals surface area (Å²) in [6.07, 6.45) is 6.08. The predicted molar refractivity (Wildman–Crippen MR) is 132 cm³/mol. The molecule has 0 spiro atoms. The zero-order valence-corrected chi connectivity index (χ0v) is 20.2. The number of carbonyl (C=O) groups is 2. The third kappa shape index (κ3) is 6.61. The van der Waals surface area contributed by atoms with Crippen LogP contribution in [0.25, 0.3) is 0 Å². The molecule has 2 aliphatic rings. The summed E-state index contributed by atoms with van der Waals surface area (Å²) in [7, 11) is 1.60. The van der Waals surface area contributed by atoms with E-state index in [0.717, 1.165) is 18.8 Å². The fraction of sp³-hybridized carbons (Fsp3) is 0.480. The zero-order valence-electron chi connectivity index (χ0n) is 19.4. The molecule has 0 radical (unpaired) electrons. The van der Waals surface area contributed by atoms with E-state index in [9.17, 15) is 9.59 Å². The van der Waals surface area contributed by atoms with Crippen LogP contribution >= 0.6 is 11.6 Å². The topological polar surface area (TPSA) is 95.6 Å². The van der Waals surface area contributed by atoms with Crippen molar-refractivity contribution in [1.29, 1.82) is 0 Å². The Morgan fingerprint density at radius 2 is 1.94 bits per heavy atom. The molecule has 1 saturated carbocycles. The Morgan fingerprint density at radius 1 is 1.15 bits per heavy atom. The second-order valence-electron chi connectivity index (χ2n) is 9.07. The number of piperidine rings is 1. The number of ether oxygens (including phenoxy) is 1. The Hall–Kier alpha value is -2.84. The molecule has 2 aromatic rings. The summed E-state index contributed by atoms with van der Waals surface area (Å²) in [5, 5.41) is 9.65. The van der Waals surface area contributed by atoms with Crippen molar-refractivity contribution in [3.8, 4) is 5.75 Å². The number of rotatable bonds is 8. The van der Waals surface area contributed by atoms with Crippen LogP contribution in [0, 0.1) is 5.92 Å². The fourth-order valence-electron chi connectivity index (χ4n) is 4.45. The maximum absolute atomic E-state index is 12.7. The molecule has 3 N–H and O–H groups in total. The third-order valence-corrected chi connectivity index (χ3v) is 6.92. The first-order chi connectivity index (χ1) is 16.5. The van der Waals surface area contributed by atoms with Crippen LogP contribution in [-0.2, 0) is 4.79 Å². The van der Waals surface area contributed by atoms with E-state index in [-0.39, 0.29) is 23.9 Å². The maximum Gasteiger partial charge on any atom is 0.319 e. The number of pyridine rings is 1. The van der Waals surface area contributed by atoms with Gasteiger partial charge < -0.3 is 20.7 Å². The summed E-state index contributed by atoms with van der Waals surface area (Å²) in [6.45, 7) is 2.46. The number of hydrogen-bond donors (Lipinski definition) is 3. The predicted octanol–water partition coefficient (Wildman–Crippen LogP) is 3.64. The van der Waals surface area contributed by atoms with Crippen LogP contribution in [-0.4, -0.2) is 61.2 Å². The fourth-order valence-corrected chi connectivity index (χ4v) is 4.58. The first kappa shape index (κ1) is 24.3. The molecule has 2 fully saturated rings. The number of aromatic nitrogens is 1. The molecule has 8 nitrogen and oxygen atoms in total. The number of likely N-dealkylation sites (tertiary alicyclic amines) is 1. The van der Waals surface area contributed by atoms with Crippen molar-refractivity contribution in [3.63, 3.8) is 0 Å². The lowest BCUT2D eigenvalue weighted by Crippen LogP contribution is -2.52. The molecule has 4 rings (SSSR count). The van der Waals surface area contributed by atoms with Crippen LogP contribution in [0.15, 0.2) is 42.6 Å². The minimum absolute atomic E-state index is 0.0558. The van der Waals surface area contributed by atoms with E-state index in [0.29, 0.717) is 41.9 Å². The summed E-state index contributed by atoms with van der Waals surface area (Å²) in [4.78, 5) is 31.9. The largest absolute Gasteiger partial charge is 0.495 e. The van der Waals surface area contributed by atoms with Gasteiger partial charge in [0, 0.05) is 48.0 Å². The standard InChI is InChI=1S/C25H32ClN5O3/c1-34-20-9-10-22(27-14-20)21-15-31(16-24(32)28-13-17-3-2-4-17)12-11-23(21)30-25(33)29-19-7-5-18(26)6-8-19/h5-10,14,17,21,23H,2-4,11-13,15-16H2,1H3,(H,28,32)(H2,29,30,33)/t21-,23+/m0/s1. The lowest BCUT2D eigenvalue weighted by atomic mass is 9.85. The molecule has 1 aliphatic carbocycles. The molecule has 0 unspecified atom stereocenters. The zero-order chi connectivity index (χ0) is 23.9. The molecule has 2 atom stereocenters. The first-order valence-electron chi connectivity index (χ1n) is 11.8. The smallest absolute Gasteiger partial charge is 0.319 e. The highest BCUT2D eigenvalue weighted by molar-refractivity contribution is 6.30. The average molecular weight is 486 g/mol. The normalized spacial score (nSPS) is 20.8. The Balaban J connectivity index is 1.39. The number of amides is 3. The highest BCUT2D eigenvalue weighted by Crippen LogP contribution is 2.28. The van der Waals surface area contributed by atoms with Gasteiger partial charge in [0.25, 0.3) is 0 Å². The number of halogens is 1. The van der Waals surface area contributed by atoms with Gasteiger partial charge in [-0.1, -0.05) is 18.0 Å². The molecule has 3 amide bonds. The Morgan fingerprint density at radius 3 is 2.59 bits per heavy atom. The molecular weight excluding hydrogens is 454 g/mol. The summed E-state index contributed by atoms with van der Waals surface area (Å²) in [6, 6.07) is 10.4. The molecule has 182 valence electrons. The van der Waals surface area contributed by atoms with Crippen molar-refractivity contribution < 1.29 is 14.3 Å². The number of urea groups is 1. The lowest BCUT2D eigenvalue weighted by Gasteiger charge is -2.38. The number of benzene rings is 1. The van der Waals surface area contributed by atoms with Gasteiger partial charge in [0.2, 0.25) is 5.91 Å². The summed E-state index contributed by atoms with van der Waals surface area (Å²) >= 11 is 5.93. The van der Waals surface area contributed by atoms with E-state index in [4.69, 9.17) is 16.3 Å². The van der Waals surface area contributed by atoms with Gasteiger partial charge in [-0.15, -0.1) is 0 Å². The Kier molecular flexibility index (Phi) is 8.24. The van der Waals surface area contributed by atoms with E-state index in [1.54, 1.807) is 37.6 Å². The lowest BCUT2D eigenvalue weighted by molar-refractivity contribution is -0.122. The van der Waals surface area contributed by atoms with Crippen LogP contribution in [0.2, 0.25) is 5.02 Å². The van der Waals surface area contributed by atoms with E-state index in [1.165, 1.54) is 19.3 Å². The van der Waals surface area contributed by atoms with Crippen LogP contribution in [0.5, 0.6) is 5.75 Å². The van der Waals surface area contributed by atoms with Crippen molar-refractivity contribution in [2.75, 3.05) is 38.6 Å². The van der Waals surface area contributed by atoms with Crippen molar-refractivity contribution >= 4 is 29.2 Å². The molecular formula is C25H32ClN5O3. The van der Waals surface area contributed by atoms with Gasteiger partial charge in [-0.3, -0.25) is 14.7 Å². The Bertz CT molecular complexity index is 966. The minimum Gasteiger partial charge on any atom is -0.495 e. The van der Waals surface area contributed by atoms with Gasteiger partial charge in [0.15, 0.2) is 0 Å². The molecule has 1 aromatic carbocycles. The average Bonchev–Trinajstić information content (AvgIpc) is 2.80. The summed E-state index contributed by atoms with van der Waals surface area (Å²) in [5.41, 5.74) is 1.53. The van der Waals surface area contributed by atoms with Gasteiger partial charge in [-0.2, -0.15) is 0 Å². The quantitative estimate of drug-likeness (QED) is 0.530. The van der Waals surface area contributed by atoms with Crippen LogP contribution in [0.3, 0.4) is 0 Å². The molecule has 0 bridgehead atoms. The maximum atomic E-state index is 12.7. The number of nitrogens with one attached hydrogen (secondary N) is 3. The highest BCUT2D eigenvalue weighted by atomic mass is 35.5. The van der Waals surface area contributed by atoms with Crippen LogP contribution in [0.4, 0.5) is 10.5 Å². The van der Waals surface area contributed by atoms with Crippen LogP contribution < -0.4 is 20.7 Å². The van der Waals surface area contributed by atoms with Gasteiger partial charge in [-0.25, -0.2) is 4.79 Å². The first-order valence-corrected chi connectivity index (χ1v) is 12.2. The number of anilines is 1. The molecule has 2 heterocycles. The van der Waals surface area contributed by atoms with Gasteiger partial charge in [-0.05, 0) is 61.6 Å². The van der Waals surface area contributed by atoms with Crippen molar-refractivity contribution in [2.45, 2.75) is 37.6 Å². The number of carbonyl (C=O) groups excluding carboxylic acids is 2.